The minimum atomic E-state index is -0.337. The smallest absolute Gasteiger partial charge is 0.355 e. The van der Waals surface area contributed by atoms with Crippen molar-refractivity contribution in [2.75, 3.05) is 33.0 Å². The number of nitrogens with two attached hydrogens (primary N) is 1. The maximum absolute atomic E-state index is 11.5. The lowest BCUT2D eigenvalue weighted by molar-refractivity contribution is 0.0471. The Balaban J connectivity index is 2.50. The predicted octanol–water partition coefficient (Wildman–Crippen LogP) is 0.326. The van der Waals surface area contributed by atoms with Crippen molar-refractivity contribution in [3.8, 4) is 0 Å². The Morgan fingerprint density at radius 2 is 2.27 bits per heavy atom. The third-order valence-corrected chi connectivity index (χ3v) is 2.01. The van der Waals surface area contributed by atoms with Gasteiger partial charge in [0.2, 0.25) is 0 Å². The Labute approximate surface area is 89.4 Å². The lowest BCUT2D eigenvalue weighted by Gasteiger charge is -2.09. The van der Waals surface area contributed by atoms with Gasteiger partial charge in [-0.15, -0.1) is 0 Å². The van der Waals surface area contributed by atoms with Crippen LogP contribution in [0.15, 0.2) is 12.3 Å². The van der Waals surface area contributed by atoms with Crippen LogP contribution in [0.2, 0.25) is 0 Å². The first-order chi connectivity index (χ1) is 7.00. The lowest BCUT2D eigenvalue weighted by Crippen LogP contribution is -2.20. The third kappa shape index (κ3) is 3.28. The van der Waals surface area contributed by atoms with Crippen LogP contribution in [-0.2, 0) is 11.8 Å². The lowest BCUT2D eigenvalue weighted by atomic mass is 10.4. The van der Waals surface area contributed by atoms with Gasteiger partial charge < -0.3 is 19.9 Å². The van der Waals surface area contributed by atoms with E-state index < -0.39 is 0 Å². The Morgan fingerprint density at radius 3 is 2.73 bits per heavy atom. The van der Waals surface area contributed by atoms with Crippen molar-refractivity contribution >= 4 is 11.7 Å². The summed E-state index contributed by atoms with van der Waals surface area (Å²) in [6.45, 7) is 1.10. The van der Waals surface area contributed by atoms with Crippen molar-refractivity contribution in [1.82, 2.24) is 9.47 Å². The summed E-state index contributed by atoms with van der Waals surface area (Å²) in [4.78, 5) is 13.5. The van der Waals surface area contributed by atoms with Gasteiger partial charge in [-0.1, -0.05) is 0 Å². The second kappa shape index (κ2) is 4.84. The number of rotatable bonds is 4. The summed E-state index contributed by atoms with van der Waals surface area (Å²) in [7, 11) is 5.61. The van der Waals surface area contributed by atoms with E-state index in [2.05, 4.69) is 0 Å². The van der Waals surface area contributed by atoms with Gasteiger partial charge >= 0.3 is 5.97 Å². The third-order valence-electron chi connectivity index (χ3n) is 2.01. The van der Waals surface area contributed by atoms with E-state index >= 15 is 0 Å². The zero-order chi connectivity index (χ0) is 11.4. The van der Waals surface area contributed by atoms with Gasteiger partial charge in [0.25, 0.3) is 0 Å². The van der Waals surface area contributed by atoms with E-state index in [1.54, 1.807) is 23.9 Å². The second-order valence-corrected chi connectivity index (χ2v) is 3.71. The van der Waals surface area contributed by atoms with Gasteiger partial charge in [-0.05, 0) is 20.2 Å². The number of likely N-dealkylation sites (N-methyl/N-ethyl adjacent to an activating group) is 1. The van der Waals surface area contributed by atoms with Crippen LogP contribution in [0.5, 0.6) is 0 Å². The topological polar surface area (TPSA) is 60.5 Å². The van der Waals surface area contributed by atoms with Crippen LogP contribution >= 0.6 is 0 Å². The maximum atomic E-state index is 11.5. The number of nitrogens with zero attached hydrogens (tertiary/aromatic N) is 2. The molecule has 0 aliphatic carbocycles. The summed E-state index contributed by atoms with van der Waals surface area (Å²) in [6.07, 6.45) is 1.68. The molecule has 5 nitrogen and oxygen atoms in total. The first-order valence-corrected chi connectivity index (χ1v) is 4.74. The van der Waals surface area contributed by atoms with E-state index in [0.717, 1.165) is 0 Å². The van der Waals surface area contributed by atoms with Gasteiger partial charge in [-0.2, -0.15) is 0 Å². The monoisotopic (exact) mass is 211 g/mol. The fourth-order valence-electron chi connectivity index (χ4n) is 1.19. The molecule has 0 aliphatic heterocycles. The van der Waals surface area contributed by atoms with Crippen molar-refractivity contribution in [2.45, 2.75) is 0 Å². The highest BCUT2D eigenvalue weighted by Crippen LogP contribution is 2.09. The molecule has 0 saturated carbocycles. The van der Waals surface area contributed by atoms with Gasteiger partial charge in [0.05, 0.1) is 5.69 Å². The molecule has 84 valence electrons. The molecule has 1 aromatic rings. The molecule has 2 N–H and O–H groups in total. The maximum Gasteiger partial charge on any atom is 0.355 e. The van der Waals surface area contributed by atoms with Crippen LogP contribution < -0.4 is 5.73 Å². The molecule has 0 fully saturated rings. The number of ether oxygens (including phenoxy) is 1. The molecule has 0 saturated heterocycles. The minimum absolute atomic E-state index is 0.337. The summed E-state index contributed by atoms with van der Waals surface area (Å²) < 4.78 is 6.74. The number of hydrogen-bond donors (Lipinski definition) is 1. The van der Waals surface area contributed by atoms with Gasteiger partial charge in [-0.3, -0.25) is 0 Å². The number of anilines is 1. The predicted molar refractivity (Wildman–Crippen MR) is 58.7 cm³/mol. The quantitative estimate of drug-likeness (QED) is 0.729. The van der Waals surface area contributed by atoms with Gasteiger partial charge in [0.15, 0.2) is 0 Å². The number of carbonyl (C=O) groups excluding carboxylic acids is 1. The molecule has 1 heterocycles. The van der Waals surface area contributed by atoms with Crippen LogP contribution in [0, 0.1) is 0 Å². The first kappa shape index (κ1) is 11.6. The summed E-state index contributed by atoms with van der Waals surface area (Å²) in [5.41, 5.74) is 6.60. The average molecular weight is 211 g/mol. The van der Waals surface area contributed by atoms with Gasteiger partial charge in [0, 0.05) is 19.8 Å². The molecule has 1 rings (SSSR count). The summed E-state index contributed by atoms with van der Waals surface area (Å²) in [6, 6.07) is 1.61. The molecule has 0 spiro atoms. The number of nitrogen functional groups attached to an aromatic ring is 1. The molecule has 0 aromatic carbocycles. The highest BCUT2D eigenvalue weighted by Gasteiger charge is 2.11. The zero-order valence-electron chi connectivity index (χ0n) is 9.36. The van der Waals surface area contributed by atoms with Crippen molar-refractivity contribution in [2.24, 2.45) is 7.05 Å². The Morgan fingerprint density at radius 1 is 1.60 bits per heavy atom. The van der Waals surface area contributed by atoms with Crippen molar-refractivity contribution < 1.29 is 9.53 Å². The van der Waals surface area contributed by atoms with Crippen LogP contribution in [0.4, 0.5) is 5.69 Å². The normalized spacial score (nSPS) is 10.7. The molecular formula is C10H17N3O2. The number of aromatic nitrogens is 1. The fraction of sp³-hybridized carbons (Fsp3) is 0.500. The van der Waals surface area contributed by atoms with Crippen molar-refractivity contribution in [3.63, 3.8) is 0 Å². The minimum Gasteiger partial charge on any atom is -0.460 e. The van der Waals surface area contributed by atoms with Crippen LogP contribution in [0.25, 0.3) is 0 Å². The molecule has 0 radical (unpaired) electrons. The summed E-state index contributed by atoms with van der Waals surface area (Å²) in [5.74, 6) is -0.337. The molecule has 0 bridgehead atoms. The van der Waals surface area contributed by atoms with Crippen molar-refractivity contribution in [1.29, 1.82) is 0 Å². The first-order valence-electron chi connectivity index (χ1n) is 4.74. The summed E-state index contributed by atoms with van der Waals surface area (Å²) >= 11 is 0. The average Bonchev–Trinajstić information content (AvgIpc) is 2.44. The molecule has 15 heavy (non-hydrogen) atoms. The standard InChI is InChI=1S/C10H17N3O2/c1-12(2)4-5-15-10(14)9-6-8(11)7-13(9)3/h6-7H,4-5,11H2,1-3H3. The van der Waals surface area contributed by atoms with Gasteiger partial charge in [0.1, 0.15) is 12.3 Å². The second-order valence-electron chi connectivity index (χ2n) is 3.71. The summed E-state index contributed by atoms with van der Waals surface area (Å²) in [5, 5.41) is 0. The van der Waals surface area contributed by atoms with E-state index in [4.69, 9.17) is 10.5 Å². The Hall–Kier alpha value is -1.49. The van der Waals surface area contributed by atoms with E-state index in [1.165, 1.54) is 0 Å². The molecule has 0 amide bonds. The fourth-order valence-corrected chi connectivity index (χ4v) is 1.19. The molecule has 0 aliphatic rings. The highest BCUT2D eigenvalue weighted by molar-refractivity contribution is 5.89. The SMILES string of the molecule is CN(C)CCOC(=O)c1cc(N)cn1C. The number of esters is 1. The number of aryl methyl sites for hydroxylation is 1. The van der Waals surface area contributed by atoms with Crippen LogP contribution in [-0.4, -0.2) is 42.7 Å². The van der Waals surface area contributed by atoms with Crippen molar-refractivity contribution in [3.05, 3.63) is 18.0 Å². The van der Waals surface area contributed by atoms with E-state index in [-0.39, 0.29) is 5.97 Å². The molecule has 1 aromatic heterocycles. The van der Waals surface area contributed by atoms with Gasteiger partial charge in [-0.25, -0.2) is 4.79 Å². The van der Waals surface area contributed by atoms with Crippen LogP contribution in [0.1, 0.15) is 10.5 Å². The number of carbonyl (C=O) groups is 1. The molecule has 5 heteroatoms. The van der Waals surface area contributed by atoms with E-state index in [9.17, 15) is 4.79 Å². The Kier molecular flexibility index (Phi) is 3.74. The Bertz CT molecular complexity index is 344. The van der Waals surface area contributed by atoms with E-state index in [0.29, 0.717) is 24.5 Å². The zero-order valence-corrected chi connectivity index (χ0v) is 9.36. The van der Waals surface area contributed by atoms with Crippen LogP contribution in [0.3, 0.4) is 0 Å². The van der Waals surface area contributed by atoms with E-state index in [1.807, 2.05) is 19.0 Å². The molecule has 0 atom stereocenters. The highest BCUT2D eigenvalue weighted by atomic mass is 16.5. The largest absolute Gasteiger partial charge is 0.460 e. The number of hydrogen-bond acceptors (Lipinski definition) is 4. The molecular weight excluding hydrogens is 194 g/mol. The molecule has 0 unspecified atom stereocenters.